The number of aryl methyl sites for hydroxylation is 2. The fraction of sp³-hybridized carbons (Fsp3) is 0.435. The normalized spacial score (nSPS) is 18.6. The van der Waals surface area contributed by atoms with E-state index in [4.69, 9.17) is 0 Å². The molecule has 0 amide bonds. The zero-order valence-electron chi connectivity index (χ0n) is 16.1. The van der Waals surface area contributed by atoms with Crippen LogP contribution < -0.4 is 0 Å². The highest BCUT2D eigenvalue weighted by molar-refractivity contribution is 7.10. The number of hydrogen-bond donors (Lipinski definition) is 1. The minimum atomic E-state index is -0.726. The smallest absolute Gasteiger partial charge is 0.310 e. The number of carboxylic acids is 1. The number of hydrogen-bond acceptors (Lipinski definition) is 3. The fourth-order valence-electron chi connectivity index (χ4n) is 4.48. The molecular formula is C23H27NO2S. The van der Waals surface area contributed by atoms with Gasteiger partial charge in [-0.05, 0) is 84.5 Å². The average Bonchev–Trinajstić information content (AvgIpc) is 3.05. The van der Waals surface area contributed by atoms with Gasteiger partial charge in [0.25, 0.3) is 0 Å². The molecule has 1 atom stereocenters. The van der Waals surface area contributed by atoms with Crippen molar-refractivity contribution in [3.05, 3.63) is 62.3 Å². The zero-order chi connectivity index (χ0) is 19.0. The second kappa shape index (κ2) is 7.61. The molecule has 1 aromatic heterocycles. The first-order valence-electron chi connectivity index (χ1n) is 9.91. The number of benzene rings is 1. The monoisotopic (exact) mass is 381 g/mol. The molecule has 0 radical (unpaired) electrons. The lowest BCUT2D eigenvalue weighted by Gasteiger charge is -2.27. The molecule has 2 aliphatic rings. The van der Waals surface area contributed by atoms with E-state index < -0.39 is 11.9 Å². The highest BCUT2D eigenvalue weighted by Crippen LogP contribution is 2.41. The molecule has 1 aliphatic carbocycles. The van der Waals surface area contributed by atoms with Crippen LogP contribution in [0.4, 0.5) is 0 Å². The van der Waals surface area contributed by atoms with E-state index in [1.807, 2.05) is 24.3 Å². The maximum absolute atomic E-state index is 11.7. The predicted octanol–water partition coefficient (Wildman–Crippen LogP) is 4.95. The van der Waals surface area contributed by atoms with Gasteiger partial charge in [-0.3, -0.25) is 4.79 Å². The molecule has 1 N–H and O–H groups in total. The van der Waals surface area contributed by atoms with Gasteiger partial charge in [0, 0.05) is 18.0 Å². The van der Waals surface area contributed by atoms with E-state index in [1.54, 1.807) is 0 Å². The van der Waals surface area contributed by atoms with E-state index in [2.05, 4.69) is 35.5 Å². The van der Waals surface area contributed by atoms with E-state index in [0.717, 1.165) is 44.3 Å². The molecule has 4 heteroatoms. The lowest BCUT2D eigenvalue weighted by Crippen LogP contribution is -2.27. The van der Waals surface area contributed by atoms with Crippen molar-refractivity contribution in [2.45, 2.75) is 44.9 Å². The van der Waals surface area contributed by atoms with Gasteiger partial charge in [0.1, 0.15) is 0 Å². The highest BCUT2D eigenvalue weighted by Gasteiger charge is 2.26. The first-order chi connectivity index (χ1) is 13.1. The molecular weight excluding hydrogens is 354 g/mol. The van der Waals surface area contributed by atoms with Crippen molar-refractivity contribution < 1.29 is 9.90 Å². The molecule has 1 unspecified atom stereocenters. The standard InChI is InChI=1S/C23H27NO2S/c1-3-18(23(25)26)17-5-4-15-6-7-21-19(10-13-27-21)22(20(15)14-17)16-8-11-24(2)12-9-16/h4-5,10,13-14,18H,3,6-9,11-12H2,1-2H3,(H,25,26). The Labute approximate surface area is 165 Å². The molecule has 0 saturated carbocycles. The van der Waals surface area contributed by atoms with Crippen LogP contribution in [0.25, 0.3) is 5.57 Å². The van der Waals surface area contributed by atoms with Crippen molar-refractivity contribution in [1.82, 2.24) is 4.90 Å². The molecule has 1 aromatic carbocycles. The topological polar surface area (TPSA) is 40.5 Å². The number of carbonyl (C=O) groups is 1. The van der Waals surface area contributed by atoms with E-state index in [1.165, 1.54) is 32.7 Å². The molecule has 4 rings (SSSR count). The largest absolute Gasteiger partial charge is 0.481 e. The third-order valence-corrected chi connectivity index (χ3v) is 7.07. The van der Waals surface area contributed by atoms with Crippen LogP contribution in [0.1, 0.15) is 59.2 Å². The van der Waals surface area contributed by atoms with Gasteiger partial charge >= 0.3 is 5.97 Å². The Morgan fingerprint density at radius 1 is 1.15 bits per heavy atom. The zero-order valence-corrected chi connectivity index (χ0v) is 16.9. The third kappa shape index (κ3) is 3.48. The Morgan fingerprint density at radius 2 is 1.93 bits per heavy atom. The number of piperidine rings is 1. The van der Waals surface area contributed by atoms with Crippen LogP contribution in [-0.2, 0) is 17.6 Å². The number of fused-ring (bicyclic) bond motifs is 2. The number of likely N-dealkylation sites (tertiary alicyclic amines) is 1. The van der Waals surface area contributed by atoms with Gasteiger partial charge in [-0.15, -0.1) is 11.3 Å². The van der Waals surface area contributed by atoms with Crippen molar-refractivity contribution in [2.24, 2.45) is 0 Å². The number of carboxylic acid groups (broad SMARTS) is 1. The van der Waals surface area contributed by atoms with Gasteiger partial charge in [0.2, 0.25) is 0 Å². The van der Waals surface area contributed by atoms with Gasteiger partial charge in [-0.2, -0.15) is 0 Å². The Morgan fingerprint density at radius 3 is 2.63 bits per heavy atom. The quantitative estimate of drug-likeness (QED) is 0.817. The van der Waals surface area contributed by atoms with Crippen molar-refractivity contribution in [3.8, 4) is 0 Å². The van der Waals surface area contributed by atoms with Gasteiger partial charge in [0.05, 0.1) is 5.92 Å². The van der Waals surface area contributed by atoms with Crippen LogP contribution in [0.15, 0.2) is 35.2 Å². The average molecular weight is 382 g/mol. The van der Waals surface area contributed by atoms with E-state index >= 15 is 0 Å². The van der Waals surface area contributed by atoms with Gasteiger partial charge in [-0.1, -0.05) is 24.6 Å². The Balaban J connectivity index is 1.89. The molecule has 1 saturated heterocycles. The van der Waals surface area contributed by atoms with Gasteiger partial charge < -0.3 is 10.0 Å². The Hall–Kier alpha value is -1.91. The summed E-state index contributed by atoms with van der Waals surface area (Å²) in [4.78, 5) is 15.6. The summed E-state index contributed by atoms with van der Waals surface area (Å²) in [5.74, 6) is -1.15. The molecule has 1 aliphatic heterocycles. The summed E-state index contributed by atoms with van der Waals surface area (Å²) in [6, 6.07) is 8.68. The van der Waals surface area contributed by atoms with Crippen LogP contribution in [0, 0.1) is 0 Å². The number of thiophene rings is 1. The molecule has 0 bridgehead atoms. The van der Waals surface area contributed by atoms with Crippen LogP contribution in [-0.4, -0.2) is 36.1 Å². The molecule has 2 aromatic rings. The predicted molar refractivity (Wildman–Crippen MR) is 112 cm³/mol. The van der Waals surface area contributed by atoms with Crippen LogP contribution >= 0.6 is 11.3 Å². The summed E-state index contributed by atoms with van der Waals surface area (Å²) in [5.41, 5.74) is 7.91. The maximum Gasteiger partial charge on any atom is 0.310 e. The van der Waals surface area contributed by atoms with E-state index in [0.29, 0.717) is 6.42 Å². The van der Waals surface area contributed by atoms with Crippen molar-refractivity contribution in [2.75, 3.05) is 20.1 Å². The lowest BCUT2D eigenvalue weighted by molar-refractivity contribution is -0.138. The maximum atomic E-state index is 11.7. The van der Waals surface area contributed by atoms with Crippen molar-refractivity contribution in [1.29, 1.82) is 0 Å². The Bertz CT molecular complexity index is 886. The molecule has 1 fully saturated rings. The van der Waals surface area contributed by atoms with Crippen LogP contribution in [0.3, 0.4) is 0 Å². The van der Waals surface area contributed by atoms with Crippen LogP contribution in [0.2, 0.25) is 0 Å². The summed E-state index contributed by atoms with van der Waals surface area (Å²) in [6.45, 7) is 4.15. The van der Waals surface area contributed by atoms with E-state index in [9.17, 15) is 9.90 Å². The molecule has 0 spiro atoms. The summed E-state index contributed by atoms with van der Waals surface area (Å²) in [6.07, 6.45) is 4.92. The fourth-order valence-corrected chi connectivity index (χ4v) is 5.37. The van der Waals surface area contributed by atoms with Gasteiger partial charge in [-0.25, -0.2) is 0 Å². The van der Waals surface area contributed by atoms with Gasteiger partial charge in [0.15, 0.2) is 0 Å². The van der Waals surface area contributed by atoms with E-state index in [-0.39, 0.29) is 0 Å². The minimum Gasteiger partial charge on any atom is -0.481 e. The molecule has 2 heterocycles. The summed E-state index contributed by atoms with van der Waals surface area (Å²) in [5, 5.41) is 11.8. The molecule has 3 nitrogen and oxygen atoms in total. The van der Waals surface area contributed by atoms with Crippen LogP contribution in [0.5, 0.6) is 0 Å². The Kier molecular flexibility index (Phi) is 5.20. The second-order valence-electron chi connectivity index (χ2n) is 7.75. The summed E-state index contributed by atoms with van der Waals surface area (Å²) >= 11 is 1.86. The SMILES string of the molecule is CCC(C(=O)O)c1ccc2c(c1)C(=C1CCN(C)CC1)c1ccsc1CC2. The molecule has 142 valence electrons. The number of aliphatic carboxylic acids is 1. The highest BCUT2D eigenvalue weighted by atomic mass is 32.1. The minimum absolute atomic E-state index is 0.427. The van der Waals surface area contributed by atoms with Crippen molar-refractivity contribution in [3.63, 3.8) is 0 Å². The first kappa shape index (κ1) is 18.5. The number of rotatable bonds is 3. The summed E-state index contributed by atoms with van der Waals surface area (Å²) < 4.78 is 0. The number of nitrogens with zero attached hydrogens (tertiary/aromatic N) is 1. The molecule has 27 heavy (non-hydrogen) atoms. The summed E-state index contributed by atoms with van der Waals surface area (Å²) in [7, 11) is 2.19. The third-order valence-electron chi connectivity index (χ3n) is 6.09. The lowest BCUT2D eigenvalue weighted by atomic mass is 9.85. The first-order valence-corrected chi connectivity index (χ1v) is 10.8. The second-order valence-corrected chi connectivity index (χ2v) is 8.76. The van der Waals surface area contributed by atoms with Crippen molar-refractivity contribution >= 4 is 22.9 Å².